The van der Waals surface area contributed by atoms with Crippen LogP contribution in [0.1, 0.15) is 38.8 Å². The number of ether oxygens (including phenoxy) is 1. The van der Waals surface area contributed by atoms with Gasteiger partial charge in [-0.15, -0.1) is 11.3 Å². The molecule has 2 heterocycles. The van der Waals surface area contributed by atoms with E-state index in [1.54, 1.807) is 19.2 Å². The number of sulfonamides is 1. The molecule has 1 N–H and O–H groups in total. The maximum atomic E-state index is 12.5. The van der Waals surface area contributed by atoms with Crippen LogP contribution in [0.2, 0.25) is 0 Å². The average molecular weight is 389 g/mol. The van der Waals surface area contributed by atoms with Crippen LogP contribution in [0.25, 0.3) is 0 Å². The molecule has 0 spiro atoms. The van der Waals surface area contributed by atoms with E-state index in [0.717, 1.165) is 0 Å². The standard InChI is InChI=1S/C15H23N3O5S2/c1-3-8-25(21,22)18-7-5-6-12(18)14(20)17-15-16-11(10-24-15)9-13(19)23-4-2/h10,12H,3-9H2,1-2H3,(H,16,17,20). The molecule has 140 valence electrons. The van der Waals surface area contributed by atoms with E-state index in [9.17, 15) is 18.0 Å². The van der Waals surface area contributed by atoms with E-state index in [0.29, 0.717) is 43.2 Å². The van der Waals surface area contributed by atoms with Gasteiger partial charge in [-0.05, 0) is 26.2 Å². The molecule has 0 aromatic carbocycles. The molecular formula is C15H23N3O5S2. The minimum atomic E-state index is -3.42. The van der Waals surface area contributed by atoms with Gasteiger partial charge in [-0.25, -0.2) is 13.4 Å². The summed E-state index contributed by atoms with van der Waals surface area (Å²) in [6.07, 6.45) is 1.71. The zero-order valence-corrected chi connectivity index (χ0v) is 16.0. The minimum absolute atomic E-state index is 0.0394. The van der Waals surface area contributed by atoms with Gasteiger partial charge in [0.1, 0.15) is 6.04 Å². The molecule has 0 radical (unpaired) electrons. The number of hydrogen-bond donors (Lipinski definition) is 1. The molecule has 0 aliphatic carbocycles. The predicted molar refractivity (Wildman–Crippen MR) is 94.9 cm³/mol. The van der Waals surface area contributed by atoms with Crippen molar-refractivity contribution in [2.45, 2.75) is 45.6 Å². The van der Waals surface area contributed by atoms with Crippen molar-refractivity contribution in [1.29, 1.82) is 0 Å². The molecule has 1 amide bonds. The van der Waals surface area contributed by atoms with E-state index in [4.69, 9.17) is 4.74 Å². The Kier molecular flexibility index (Phi) is 6.91. The topological polar surface area (TPSA) is 106 Å². The lowest BCUT2D eigenvalue weighted by atomic mass is 10.2. The van der Waals surface area contributed by atoms with E-state index in [1.165, 1.54) is 15.6 Å². The Balaban J connectivity index is 1.99. The van der Waals surface area contributed by atoms with Crippen molar-refractivity contribution < 1.29 is 22.7 Å². The summed E-state index contributed by atoms with van der Waals surface area (Å²) in [7, 11) is -3.42. The second kappa shape index (κ2) is 8.72. The number of rotatable bonds is 8. The Morgan fingerprint density at radius 2 is 2.20 bits per heavy atom. The summed E-state index contributed by atoms with van der Waals surface area (Å²) >= 11 is 1.20. The van der Waals surface area contributed by atoms with Gasteiger partial charge in [0.25, 0.3) is 0 Å². The van der Waals surface area contributed by atoms with Crippen molar-refractivity contribution in [2.24, 2.45) is 0 Å². The molecule has 1 aromatic rings. The minimum Gasteiger partial charge on any atom is -0.466 e. The summed E-state index contributed by atoms with van der Waals surface area (Å²) in [5.41, 5.74) is 0.514. The average Bonchev–Trinajstić information content (AvgIpc) is 3.17. The first-order valence-corrected chi connectivity index (χ1v) is 10.8. The van der Waals surface area contributed by atoms with E-state index < -0.39 is 16.1 Å². The highest BCUT2D eigenvalue weighted by atomic mass is 32.2. The van der Waals surface area contributed by atoms with E-state index in [-0.39, 0.29) is 24.1 Å². The SMILES string of the molecule is CCCS(=O)(=O)N1CCCC1C(=O)Nc1nc(CC(=O)OCC)cs1. The van der Waals surface area contributed by atoms with Crippen LogP contribution in [-0.2, 0) is 30.8 Å². The normalized spacial score (nSPS) is 18.2. The Morgan fingerprint density at radius 1 is 1.44 bits per heavy atom. The highest BCUT2D eigenvalue weighted by molar-refractivity contribution is 7.89. The van der Waals surface area contributed by atoms with E-state index >= 15 is 0 Å². The summed E-state index contributed by atoms with van der Waals surface area (Å²) in [6.45, 7) is 4.19. The van der Waals surface area contributed by atoms with Gasteiger partial charge in [0.05, 0.1) is 24.5 Å². The zero-order valence-electron chi connectivity index (χ0n) is 14.4. The molecule has 2 rings (SSSR count). The number of thiazole rings is 1. The molecule has 1 aliphatic heterocycles. The number of aromatic nitrogens is 1. The fourth-order valence-electron chi connectivity index (χ4n) is 2.70. The van der Waals surface area contributed by atoms with Crippen LogP contribution in [0.15, 0.2) is 5.38 Å². The molecule has 1 fully saturated rings. The fraction of sp³-hybridized carbons (Fsp3) is 0.667. The molecule has 25 heavy (non-hydrogen) atoms. The second-order valence-electron chi connectivity index (χ2n) is 5.70. The molecule has 1 atom stereocenters. The smallest absolute Gasteiger partial charge is 0.311 e. The Bertz CT molecular complexity index is 717. The first kappa shape index (κ1) is 19.8. The number of anilines is 1. The van der Waals surface area contributed by atoms with Gasteiger partial charge in [0, 0.05) is 11.9 Å². The van der Waals surface area contributed by atoms with Crippen LogP contribution < -0.4 is 5.32 Å². The van der Waals surface area contributed by atoms with Gasteiger partial charge in [-0.1, -0.05) is 6.92 Å². The summed E-state index contributed by atoms with van der Waals surface area (Å²) < 4.78 is 30.7. The highest BCUT2D eigenvalue weighted by Gasteiger charge is 2.38. The third-order valence-electron chi connectivity index (χ3n) is 3.74. The summed E-state index contributed by atoms with van der Waals surface area (Å²) in [6, 6.07) is -0.700. The molecule has 0 bridgehead atoms. The van der Waals surface area contributed by atoms with Crippen molar-refractivity contribution in [3.05, 3.63) is 11.1 Å². The molecule has 1 aliphatic rings. The summed E-state index contributed by atoms with van der Waals surface area (Å²) in [5.74, 6) is -0.718. The Hall–Kier alpha value is -1.52. The van der Waals surface area contributed by atoms with Crippen LogP contribution in [0, 0.1) is 0 Å². The number of carbonyl (C=O) groups excluding carboxylic acids is 2. The number of carbonyl (C=O) groups is 2. The third kappa shape index (κ3) is 5.23. The number of hydrogen-bond acceptors (Lipinski definition) is 7. The van der Waals surface area contributed by atoms with Crippen LogP contribution in [0.3, 0.4) is 0 Å². The van der Waals surface area contributed by atoms with Crippen LogP contribution in [-0.4, -0.2) is 54.5 Å². The number of nitrogens with zero attached hydrogens (tertiary/aromatic N) is 2. The molecule has 8 nitrogen and oxygen atoms in total. The van der Waals surface area contributed by atoms with Gasteiger partial charge in [0.2, 0.25) is 15.9 Å². The van der Waals surface area contributed by atoms with Crippen LogP contribution in [0.4, 0.5) is 5.13 Å². The molecule has 1 aromatic heterocycles. The van der Waals surface area contributed by atoms with Gasteiger partial charge in [-0.3, -0.25) is 9.59 Å². The maximum Gasteiger partial charge on any atom is 0.311 e. The molecule has 1 saturated heterocycles. The highest BCUT2D eigenvalue weighted by Crippen LogP contribution is 2.24. The van der Waals surface area contributed by atoms with Gasteiger partial charge in [-0.2, -0.15) is 4.31 Å². The zero-order chi connectivity index (χ0) is 18.4. The van der Waals surface area contributed by atoms with Crippen molar-refractivity contribution in [3.8, 4) is 0 Å². The first-order valence-electron chi connectivity index (χ1n) is 8.27. The predicted octanol–water partition coefficient (Wildman–Crippen LogP) is 1.39. The van der Waals surface area contributed by atoms with Crippen molar-refractivity contribution >= 4 is 38.4 Å². The van der Waals surface area contributed by atoms with Crippen molar-refractivity contribution in [1.82, 2.24) is 9.29 Å². The van der Waals surface area contributed by atoms with Crippen LogP contribution in [0.5, 0.6) is 0 Å². The monoisotopic (exact) mass is 389 g/mol. The third-order valence-corrected chi connectivity index (χ3v) is 6.62. The molecule has 0 saturated carbocycles. The summed E-state index contributed by atoms with van der Waals surface area (Å²) in [4.78, 5) is 28.1. The summed E-state index contributed by atoms with van der Waals surface area (Å²) in [5, 5.41) is 4.69. The van der Waals surface area contributed by atoms with Crippen LogP contribution >= 0.6 is 11.3 Å². The Morgan fingerprint density at radius 3 is 2.88 bits per heavy atom. The van der Waals surface area contributed by atoms with Gasteiger partial charge < -0.3 is 10.1 Å². The first-order chi connectivity index (χ1) is 11.9. The molecule has 10 heteroatoms. The van der Waals surface area contributed by atoms with E-state index in [2.05, 4.69) is 10.3 Å². The lowest BCUT2D eigenvalue weighted by molar-refractivity contribution is -0.142. The molecular weight excluding hydrogens is 366 g/mol. The number of esters is 1. The number of amides is 1. The molecule has 1 unspecified atom stereocenters. The number of nitrogens with one attached hydrogen (secondary N) is 1. The lowest BCUT2D eigenvalue weighted by Crippen LogP contribution is -2.44. The Labute approximate surface area is 151 Å². The van der Waals surface area contributed by atoms with Crippen molar-refractivity contribution in [3.63, 3.8) is 0 Å². The van der Waals surface area contributed by atoms with Gasteiger partial charge in [0.15, 0.2) is 5.13 Å². The van der Waals surface area contributed by atoms with Gasteiger partial charge >= 0.3 is 5.97 Å². The largest absolute Gasteiger partial charge is 0.466 e. The van der Waals surface area contributed by atoms with Crippen molar-refractivity contribution in [2.75, 3.05) is 24.2 Å². The quantitative estimate of drug-likeness (QED) is 0.674. The second-order valence-corrected chi connectivity index (χ2v) is 8.60. The lowest BCUT2D eigenvalue weighted by Gasteiger charge is -2.22. The fourth-order valence-corrected chi connectivity index (χ4v) is 5.16. The van der Waals surface area contributed by atoms with E-state index in [1.807, 2.05) is 0 Å². The maximum absolute atomic E-state index is 12.5.